The van der Waals surface area contributed by atoms with Gasteiger partial charge >= 0.3 is 5.97 Å². The number of nitrogens with one attached hydrogen (secondary N) is 2. The van der Waals surface area contributed by atoms with Gasteiger partial charge in [0.05, 0.1) is 13.2 Å². The van der Waals surface area contributed by atoms with Gasteiger partial charge in [0, 0.05) is 23.5 Å². The molecule has 0 unspecified atom stereocenters. The zero-order valence-electron chi connectivity index (χ0n) is 25.9. The summed E-state index contributed by atoms with van der Waals surface area (Å²) in [7, 11) is 0. The van der Waals surface area contributed by atoms with Gasteiger partial charge in [0.15, 0.2) is 0 Å². The largest absolute Gasteiger partial charge is 0.479 e. The highest BCUT2D eigenvalue weighted by Gasteiger charge is 2.61. The molecule has 0 bridgehead atoms. The summed E-state index contributed by atoms with van der Waals surface area (Å²) in [4.78, 5) is 53.3. The van der Waals surface area contributed by atoms with Crippen LogP contribution in [0.2, 0.25) is 0 Å². The number of aliphatic carboxylic acids is 1. The van der Waals surface area contributed by atoms with E-state index in [4.69, 9.17) is 9.68 Å². The Hall–Kier alpha value is -4.80. The fraction of sp³-hybridized carbons (Fsp3) is 0.333. The minimum Gasteiger partial charge on any atom is -0.479 e. The van der Waals surface area contributed by atoms with Crippen LogP contribution in [0.1, 0.15) is 43.4 Å². The Morgan fingerprint density at radius 1 is 1.00 bits per heavy atom. The molecule has 0 spiro atoms. The summed E-state index contributed by atoms with van der Waals surface area (Å²) < 4.78 is 0. The lowest BCUT2D eigenvalue weighted by Gasteiger charge is -2.30. The molecular weight excluding hydrogens is 584 g/mol. The van der Waals surface area contributed by atoms with Gasteiger partial charge in [-0.05, 0) is 29.0 Å². The molecule has 0 aromatic heterocycles. The molecule has 1 saturated heterocycles. The van der Waals surface area contributed by atoms with E-state index >= 15 is 0 Å². The van der Waals surface area contributed by atoms with E-state index in [1.807, 2.05) is 92.7 Å². The number of fused-ring (bicyclic) bond motifs is 3. The summed E-state index contributed by atoms with van der Waals surface area (Å²) in [5, 5.41) is 17.2. The zero-order chi connectivity index (χ0) is 32.4. The molecule has 1 saturated carbocycles. The number of hydrogen-bond acceptors (Lipinski definition) is 7. The van der Waals surface area contributed by atoms with Crippen molar-refractivity contribution < 1.29 is 29.2 Å². The van der Waals surface area contributed by atoms with Crippen LogP contribution in [-0.4, -0.2) is 63.8 Å². The fourth-order valence-electron chi connectivity index (χ4n) is 6.34. The van der Waals surface area contributed by atoms with Gasteiger partial charge in [0.1, 0.15) is 29.4 Å². The van der Waals surface area contributed by atoms with Crippen LogP contribution in [0.25, 0.3) is 11.1 Å². The zero-order valence-corrected chi connectivity index (χ0v) is 25.9. The number of carbonyl (C=O) groups is 3. The van der Waals surface area contributed by atoms with Crippen molar-refractivity contribution in [3.63, 3.8) is 0 Å². The first-order chi connectivity index (χ1) is 22.2. The molecule has 2 fully saturated rings. The van der Waals surface area contributed by atoms with Gasteiger partial charge in [-0.25, -0.2) is 4.79 Å². The molecule has 3 aromatic rings. The number of benzene rings is 3. The van der Waals surface area contributed by atoms with Crippen LogP contribution < -0.4 is 10.8 Å². The number of oxime groups is 1. The predicted molar refractivity (Wildman–Crippen MR) is 172 cm³/mol. The number of nitrogens with zero attached hydrogens (tertiary/aromatic N) is 2. The number of likely N-dealkylation sites (tertiary alicyclic amines) is 1. The molecule has 0 radical (unpaired) electrons. The second-order valence-electron chi connectivity index (χ2n) is 12.4. The van der Waals surface area contributed by atoms with E-state index < -0.39 is 41.5 Å². The van der Waals surface area contributed by atoms with E-state index in [9.17, 15) is 19.5 Å². The summed E-state index contributed by atoms with van der Waals surface area (Å²) in [6, 6.07) is 23.7. The summed E-state index contributed by atoms with van der Waals surface area (Å²) in [5.41, 5.74) is 7.10. The van der Waals surface area contributed by atoms with Gasteiger partial charge in [-0.1, -0.05) is 104 Å². The summed E-state index contributed by atoms with van der Waals surface area (Å²) in [5.74, 6) is -2.60. The van der Waals surface area contributed by atoms with Crippen LogP contribution in [0.3, 0.4) is 0 Å². The molecular formula is C36H38N4O6. The molecule has 238 valence electrons. The summed E-state index contributed by atoms with van der Waals surface area (Å²) in [6.45, 7) is 7.83. The van der Waals surface area contributed by atoms with E-state index in [1.165, 1.54) is 11.0 Å². The van der Waals surface area contributed by atoms with E-state index in [0.717, 1.165) is 27.8 Å². The van der Waals surface area contributed by atoms with E-state index in [-0.39, 0.29) is 37.8 Å². The van der Waals surface area contributed by atoms with Crippen LogP contribution in [0.4, 0.5) is 0 Å². The molecule has 3 aliphatic rings. The first-order valence-electron chi connectivity index (χ1n) is 15.6. The standard InChI is InChI=1S/C36H38N4O6/c1-4-24-19-36(24,35(43)44)37-33(41)30-18-25(46-39-32-28-16-10-8-14-26(28)27-15-9-11-17-29(27)32)20-40(30)34(42)31(22(2)3)38-45-21-23-12-6-5-7-13-23/h4-17,22,24-25,30-31,38H,1,18-21H2,2-3H3,(H,37,41)(H,43,44)/t24-,25-,30+,31-,36+/m1/s1. The van der Waals surface area contributed by atoms with Crippen LogP contribution in [0, 0.1) is 11.8 Å². The molecule has 6 rings (SSSR count). The van der Waals surface area contributed by atoms with Crippen molar-refractivity contribution in [1.82, 2.24) is 15.7 Å². The highest BCUT2D eigenvalue weighted by atomic mass is 16.6. The number of carboxylic acid groups (broad SMARTS) is 1. The van der Waals surface area contributed by atoms with Crippen molar-refractivity contribution in [2.45, 2.75) is 57.0 Å². The molecule has 3 N–H and O–H groups in total. The Balaban J connectivity index is 1.23. The smallest absolute Gasteiger partial charge is 0.330 e. The Morgan fingerprint density at radius 3 is 2.17 bits per heavy atom. The number of amides is 2. The third-order valence-electron chi connectivity index (χ3n) is 9.05. The Kier molecular flexibility index (Phi) is 8.75. The van der Waals surface area contributed by atoms with Gasteiger partial charge < -0.3 is 20.2 Å². The van der Waals surface area contributed by atoms with E-state index in [2.05, 4.69) is 22.5 Å². The molecule has 1 aliphatic heterocycles. The maximum Gasteiger partial charge on any atom is 0.330 e. The Labute approximate surface area is 268 Å². The van der Waals surface area contributed by atoms with Crippen molar-refractivity contribution in [2.24, 2.45) is 17.0 Å². The number of carbonyl (C=O) groups excluding carboxylic acids is 2. The maximum absolute atomic E-state index is 14.1. The van der Waals surface area contributed by atoms with Crippen LogP contribution in [0.15, 0.2) is 96.7 Å². The van der Waals surface area contributed by atoms with Gasteiger partial charge in [-0.15, -0.1) is 6.58 Å². The molecule has 46 heavy (non-hydrogen) atoms. The second-order valence-corrected chi connectivity index (χ2v) is 12.4. The van der Waals surface area contributed by atoms with Crippen molar-refractivity contribution in [3.8, 4) is 11.1 Å². The fourth-order valence-corrected chi connectivity index (χ4v) is 6.34. The number of carboxylic acids is 1. The van der Waals surface area contributed by atoms with Crippen molar-refractivity contribution >= 4 is 23.5 Å². The monoisotopic (exact) mass is 622 g/mol. The van der Waals surface area contributed by atoms with Gasteiger partial charge in [-0.3, -0.25) is 14.4 Å². The second kappa shape index (κ2) is 12.9. The van der Waals surface area contributed by atoms with Crippen LogP contribution in [0.5, 0.6) is 0 Å². The van der Waals surface area contributed by atoms with Gasteiger partial charge in [0.2, 0.25) is 11.8 Å². The van der Waals surface area contributed by atoms with Crippen molar-refractivity contribution in [2.75, 3.05) is 6.54 Å². The molecule has 2 amide bonds. The average Bonchev–Trinajstić information content (AvgIpc) is 3.46. The Morgan fingerprint density at radius 2 is 1.61 bits per heavy atom. The van der Waals surface area contributed by atoms with Crippen molar-refractivity contribution in [1.29, 1.82) is 0 Å². The average molecular weight is 623 g/mol. The molecule has 5 atom stereocenters. The summed E-state index contributed by atoms with van der Waals surface area (Å²) in [6.07, 6.45) is 1.31. The minimum atomic E-state index is -1.43. The highest BCUT2D eigenvalue weighted by molar-refractivity contribution is 6.24. The van der Waals surface area contributed by atoms with Gasteiger partial charge in [-0.2, -0.15) is 5.48 Å². The maximum atomic E-state index is 14.1. The SMILES string of the molecule is C=C[C@@H]1C[C@@]1(NC(=O)[C@@H]1C[C@@H](ON=C2c3ccccc3-c3ccccc32)CN1C(=O)[C@H](NOCc1ccccc1)C(C)C)C(=O)O. The van der Waals surface area contributed by atoms with Crippen molar-refractivity contribution in [3.05, 3.63) is 108 Å². The quantitative estimate of drug-likeness (QED) is 0.159. The van der Waals surface area contributed by atoms with Crippen LogP contribution >= 0.6 is 0 Å². The lowest BCUT2D eigenvalue weighted by atomic mass is 10.0. The van der Waals surface area contributed by atoms with Gasteiger partial charge in [0.25, 0.3) is 0 Å². The number of rotatable bonds is 12. The minimum absolute atomic E-state index is 0.0888. The molecule has 1 heterocycles. The lowest BCUT2D eigenvalue weighted by Crippen LogP contribution is -2.56. The van der Waals surface area contributed by atoms with E-state index in [0.29, 0.717) is 5.71 Å². The number of hydrogen-bond donors (Lipinski definition) is 3. The molecule has 3 aromatic carbocycles. The molecule has 10 nitrogen and oxygen atoms in total. The summed E-state index contributed by atoms with van der Waals surface area (Å²) >= 11 is 0. The number of hydroxylamine groups is 1. The van der Waals surface area contributed by atoms with E-state index in [1.54, 1.807) is 0 Å². The highest BCUT2D eigenvalue weighted by Crippen LogP contribution is 2.45. The Bertz CT molecular complexity index is 1630. The topological polar surface area (TPSA) is 130 Å². The molecule has 10 heteroatoms. The first-order valence-corrected chi connectivity index (χ1v) is 15.6. The first kappa shape index (κ1) is 31.2. The third kappa shape index (κ3) is 5.93. The predicted octanol–water partition coefficient (Wildman–Crippen LogP) is 4.30. The lowest BCUT2D eigenvalue weighted by molar-refractivity contribution is -0.147. The third-order valence-corrected chi connectivity index (χ3v) is 9.05. The van der Waals surface area contributed by atoms with Crippen LogP contribution in [-0.2, 0) is 30.7 Å². The normalized spacial score (nSPS) is 23.3. The molecule has 2 aliphatic carbocycles.